The molecule has 7 heteroatoms. The van der Waals surface area contributed by atoms with Gasteiger partial charge in [-0.3, -0.25) is 0 Å². The number of nitrogens with two attached hydrogens (primary N) is 1. The molecule has 0 saturated heterocycles. The van der Waals surface area contributed by atoms with E-state index in [1.54, 1.807) is 0 Å². The highest BCUT2D eigenvalue weighted by Crippen LogP contribution is 2.35. The third-order valence-electron chi connectivity index (χ3n) is 5.98. The van der Waals surface area contributed by atoms with Gasteiger partial charge in [0.1, 0.15) is 24.8 Å². The summed E-state index contributed by atoms with van der Waals surface area (Å²) in [5.41, 5.74) is 13.1. The molecule has 1 aromatic heterocycles. The maximum Gasteiger partial charge on any atom is 0.156 e. The lowest BCUT2D eigenvalue weighted by Gasteiger charge is -2.26. The van der Waals surface area contributed by atoms with Gasteiger partial charge < -0.3 is 25.8 Å². The number of aromatic nitrogens is 2. The second-order valence-corrected chi connectivity index (χ2v) is 8.70. The van der Waals surface area contributed by atoms with Crippen LogP contribution < -0.4 is 20.7 Å². The molecule has 3 aromatic rings. The smallest absolute Gasteiger partial charge is 0.156 e. The van der Waals surface area contributed by atoms with E-state index in [0.29, 0.717) is 25.5 Å². The van der Waals surface area contributed by atoms with E-state index in [2.05, 4.69) is 54.2 Å². The number of hydrogen-bond donors (Lipinski definition) is 3. The molecule has 0 unspecified atom stereocenters. The number of aliphatic hydroxyl groups is 1. The fourth-order valence-corrected chi connectivity index (χ4v) is 4.44. The Kier molecular flexibility index (Phi) is 6.70. The number of aliphatic hydroxyl groups excluding tert-OH is 1. The predicted molar refractivity (Wildman–Crippen MR) is 134 cm³/mol. The monoisotopic (exact) mass is 447 g/mol. The maximum atomic E-state index is 9.69. The molecule has 0 atom stereocenters. The lowest BCUT2D eigenvalue weighted by molar-refractivity contribution is 0.270. The van der Waals surface area contributed by atoms with Crippen molar-refractivity contribution in [3.63, 3.8) is 0 Å². The van der Waals surface area contributed by atoms with Gasteiger partial charge in [-0.1, -0.05) is 26.0 Å². The van der Waals surface area contributed by atoms with E-state index in [0.717, 1.165) is 57.4 Å². The van der Waals surface area contributed by atoms with Crippen molar-refractivity contribution < 1.29 is 9.84 Å². The largest absolute Gasteiger partial charge is 0.491 e. The first-order valence-electron chi connectivity index (χ1n) is 11.5. The van der Waals surface area contributed by atoms with E-state index in [4.69, 9.17) is 15.5 Å². The highest BCUT2D eigenvalue weighted by Gasteiger charge is 2.23. The molecule has 7 nitrogen and oxygen atoms in total. The highest BCUT2D eigenvalue weighted by molar-refractivity contribution is 5.77. The minimum Gasteiger partial charge on any atom is -0.491 e. The zero-order valence-electron chi connectivity index (χ0n) is 19.9. The maximum absolute atomic E-state index is 9.69. The average molecular weight is 448 g/mol. The fourth-order valence-electron chi connectivity index (χ4n) is 4.44. The summed E-state index contributed by atoms with van der Waals surface area (Å²) in [4.78, 5) is 11.4. The number of anilines is 3. The molecule has 0 radical (unpaired) electrons. The summed E-state index contributed by atoms with van der Waals surface area (Å²) < 4.78 is 6.09. The van der Waals surface area contributed by atoms with Crippen LogP contribution in [0.1, 0.15) is 49.3 Å². The van der Waals surface area contributed by atoms with E-state index in [9.17, 15) is 5.11 Å². The van der Waals surface area contributed by atoms with Crippen molar-refractivity contribution in [2.75, 3.05) is 35.6 Å². The van der Waals surface area contributed by atoms with Crippen LogP contribution in [0.25, 0.3) is 11.1 Å². The first kappa shape index (κ1) is 22.9. The number of benzene rings is 2. The number of nitrogen functional groups attached to an aromatic ring is 1. The molecule has 4 N–H and O–H groups in total. The Labute approximate surface area is 195 Å². The summed E-state index contributed by atoms with van der Waals surface area (Å²) in [6.45, 7) is 10.9. The quantitative estimate of drug-likeness (QED) is 0.479. The molecule has 2 heterocycles. The first-order chi connectivity index (χ1) is 15.9. The molecule has 0 bridgehead atoms. The third kappa shape index (κ3) is 4.73. The molecule has 2 aromatic carbocycles. The average Bonchev–Trinajstić information content (AvgIpc) is 3.01. The Morgan fingerprint density at radius 3 is 2.64 bits per heavy atom. The van der Waals surface area contributed by atoms with Gasteiger partial charge in [0.15, 0.2) is 5.82 Å². The van der Waals surface area contributed by atoms with Gasteiger partial charge in [0, 0.05) is 29.9 Å². The van der Waals surface area contributed by atoms with Crippen LogP contribution >= 0.6 is 0 Å². The normalized spacial score (nSPS) is 13.5. The summed E-state index contributed by atoms with van der Waals surface area (Å²) >= 11 is 0. The van der Waals surface area contributed by atoms with E-state index in [-0.39, 0.29) is 12.5 Å². The van der Waals surface area contributed by atoms with Gasteiger partial charge in [-0.2, -0.15) is 0 Å². The van der Waals surface area contributed by atoms with Crippen LogP contribution in [0.4, 0.5) is 17.2 Å². The van der Waals surface area contributed by atoms with Crippen LogP contribution in [-0.4, -0.2) is 34.8 Å². The molecule has 0 saturated carbocycles. The second kappa shape index (κ2) is 9.67. The first-order valence-corrected chi connectivity index (χ1v) is 11.5. The Hall–Kier alpha value is -3.32. The number of hydrogen-bond acceptors (Lipinski definition) is 7. The van der Waals surface area contributed by atoms with Crippen molar-refractivity contribution in [2.24, 2.45) is 0 Å². The lowest BCUT2D eigenvalue weighted by atomic mass is 10.00. The summed E-state index contributed by atoms with van der Waals surface area (Å²) in [6.07, 6.45) is 0. The standard InChI is InChI=1S/C26H33N5O2/c1-5-28-22-13-19(6-8-21(22)27)18-7-9-23-20(12-18)14-31(10-11-33-23)26-25(16(2)3)17(4)29-24(15-32)30-26/h6-9,12-13,16,28,32H,5,10-11,14-15,27H2,1-4H3. The lowest BCUT2D eigenvalue weighted by Crippen LogP contribution is -2.28. The van der Waals surface area contributed by atoms with Gasteiger partial charge in [-0.25, -0.2) is 9.97 Å². The van der Waals surface area contributed by atoms with Crippen LogP contribution in [0.5, 0.6) is 5.75 Å². The zero-order chi connectivity index (χ0) is 23.5. The van der Waals surface area contributed by atoms with Crippen molar-refractivity contribution >= 4 is 17.2 Å². The number of rotatable bonds is 6. The van der Waals surface area contributed by atoms with Crippen LogP contribution in [0.3, 0.4) is 0 Å². The number of nitrogens with one attached hydrogen (secondary N) is 1. The molecule has 0 spiro atoms. The van der Waals surface area contributed by atoms with E-state index in [1.165, 1.54) is 0 Å². The minimum absolute atomic E-state index is 0.178. The Balaban J connectivity index is 1.73. The molecule has 0 fully saturated rings. The minimum atomic E-state index is -0.178. The van der Waals surface area contributed by atoms with Crippen LogP contribution in [0.2, 0.25) is 0 Å². The molecule has 1 aliphatic heterocycles. The van der Waals surface area contributed by atoms with E-state index < -0.39 is 0 Å². The molecule has 0 aliphatic carbocycles. The van der Waals surface area contributed by atoms with Crippen molar-refractivity contribution in [3.8, 4) is 16.9 Å². The highest BCUT2D eigenvalue weighted by atomic mass is 16.5. The molecule has 4 rings (SSSR count). The van der Waals surface area contributed by atoms with Gasteiger partial charge in [0.2, 0.25) is 0 Å². The van der Waals surface area contributed by atoms with Gasteiger partial charge in [-0.15, -0.1) is 0 Å². The van der Waals surface area contributed by atoms with Gasteiger partial charge in [0.05, 0.1) is 17.9 Å². The van der Waals surface area contributed by atoms with Crippen molar-refractivity contribution in [1.29, 1.82) is 0 Å². The molecular formula is C26H33N5O2. The van der Waals surface area contributed by atoms with Crippen molar-refractivity contribution in [1.82, 2.24) is 9.97 Å². The topological polar surface area (TPSA) is 96.5 Å². The molecule has 0 amide bonds. The SMILES string of the molecule is CCNc1cc(-c2ccc3c(c2)CN(c2nc(CO)nc(C)c2C(C)C)CCO3)ccc1N. The Morgan fingerprint density at radius 1 is 1.15 bits per heavy atom. The fraction of sp³-hybridized carbons (Fsp3) is 0.385. The molecule has 33 heavy (non-hydrogen) atoms. The van der Waals surface area contributed by atoms with Crippen LogP contribution in [0.15, 0.2) is 36.4 Å². The summed E-state index contributed by atoms with van der Waals surface area (Å²) in [5.74, 6) is 2.49. The van der Waals surface area contributed by atoms with E-state index >= 15 is 0 Å². The van der Waals surface area contributed by atoms with Gasteiger partial charge >= 0.3 is 0 Å². The molecular weight excluding hydrogens is 414 g/mol. The zero-order valence-corrected chi connectivity index (χ0v) is 19.9. The number of ether oxygens (including phenoxy) is 1. The van der Waals surface area contributed by atoms with E-state index in [1.807, 2.05) is 25.1 Å². The second-order valence-electron chi connectivity index (χ2n) is 8.70. The van der Waals surface area contributed by atoms with Crippen molar-refractivity contribution in [2.45, 2.75) is 46.8 Å². The Morgan fingerprint density at radius 2 is 1.91 bits per heavy atom. The van der Waals surface area contributed by atoms with Crippen molar-refractivity contribution in [3.05, 3.63) is 59.0 Å². The predicted octanol–water partition coefficient (Wildman–Crippen LogP) is 4.48. The van der Waals surface area contributed by atoms with Crippen LogP contribution in [-0.2, 0) is 13.2 Å². The van der Waals surface area contributed by atoms with Gasteiger partial charge in [-0.05, 0) is 55.2 Å². The summed E-state index contributed by atoms with van der Waals surface area (Å²) in [6, 6.07) is 12.4. The number of fused-ring (bicyclic) bond motifs is 1. The number of nitrogens with zero attached hydrogens (tertiary/aromatic N) is 3. The summed E-state index contributed by atoms with van der Waals surface area (Å²) in [5, 5.41) is 13.0. The summed E-state index contributed by atoms with van der Waals surface area (Å²) in [7, 11) is 0. The van der Waals surface area contributed by atoms with Crippen LogP contribution in [0, 0.1) is 6.92 Å². The molecule has 1 aliphatic rings. The van der Waals surface area contributed by atoms with Gasteiger partial charge in [0.25, 0.3) is 0 Å². The Bertz CT molecular complexity index is 1150. The third-order valence-corrected chi connectivity index (χ3v) is 5.98. The number of aryl methyl sites for hydroxylation is 1. The molecule has 174 valence electrons.